The maximum absolute atomic E-state index is 12.9. The summed E-state index contributed by atoms with van der Waals surface area (Å²) in [6.45, 7) is 1.96. The van der Waals surface area contributed by atoms with E-state index in [4.69, 9.17) is 0 Å². The van der Waals surface area contributed by atoms with Gasteiger partial charge < -0.3 is 4.90 Å². The Morgan fingerprint density at radius 3 is 2.39 bits per heavy atom. The number of anilines is 1. The summed E-state index contributed by atoms with van der Waals surface area (Å²) in [7, 11) is 0. The topological polar surface area (TPSA) is 20.3 Å². The van der Waals surface area contributed by atoms with Crippen LogP contribution in [0.25, 0.3) is 0 Å². The van der Waals surface area contributed by atoms with Gasteiger partial charge in [-0.25, -0.2) is 4.39 Å². The van der Waals surface area contributed by atoms with E-state index in [9.17, 15) is 22.4 Å². The van der Waals surface area contributed by atoms with E-state index in [2.05, 4.69) is 0 Å². The van der Waals surface area contributed by atoms with Crippen LogP contribution in [0.1, 0.15) is 24.2 Å². The molecule has 18 heavy (non-hydrogen) atoms. The minimum Gasteiger partial charge on any atom is -0.360 e. The first kappa shape index (κ1) is 14.5. The summed E-state index contributed by atoms with van der Waals surface area (Å²) in [5.41, 5.74) is -0.00771. The second-order valence-electron chi connectivity index (χ2n) is 4.16. The molecule has 0 saturated heterocycles. The molecule has 0 atom stereocenters. The molecule has 1 aromatic rings. The van der Waals surface area contributed by atoms with E-state index in [0.29, 0.717) is 6.29 Å². The maximum Gasteiger partial charge on any atom is 0.405 e. The molecule has 0 bridgehead atoms. The van der Waals surface area contributed by atoms with Crippen molar-refractivity contribution in [1.82, 2.24) is 0 Å². The van der Waals surface area contributed by atoms with Crippen molar-refractivity contribution in [3.8, 4) is 0 Å². The van der Waals surface area contributed by atoms with E-state index in [-0.39, 0.29) is 11.3 Å². The van der Waals surface area contributed by atoms with Gasteiger partial charge in [0.15, 0.2) is 6.29 Å². The van der Waals surface area contributed by atoms with Crippen LogP contribution in [0.2, 0.25) is 0 Å². The highest BCUT2D eigenvalue weighted by atomic mass is 19.4. The smallest absolute Gasteiger partial charge is 0.360 e. The maximum atomic E-state index is 12.9. The number of alkyl halides is 3. The fraction of sp³-hybridized carbons (Fsp3) is 0.417. The Balaban J connectivity index is 3.17. The fourth-order valence-electron chi connectivity index (χ4n) is 1.62. The van der Waals surface area contributed by atoms with Crippen molar-refractivity contribution in [2.75, 3.05) is 11.4 Å². The Morgan fingerprint density at radius 1 is 1.33 bits per heavy atom. The van der Waals surface area contributed by atoms with E-state index >= 15 is 0 Å². The molecule has 1 aromatic carbocycles. The van der Waals surface area contributed by atoms with Gasteiger partial charge >= 0.3 is 6.18 Å². The second kappa shape index (κ2) is 5.37. The van der Waals surface area contributed by atoms with Gasteiger partial charge in [0.25, 0.3) is 0 Å². The highest BCUT2D eigenvalue weighted by Gasteiger charge is 2.32. The van der Waals surface area contributed by atoms with Gasteiger partial charge in [0, 0.05) is 17.3 Å². The summed E-state index contributed by atoms with van der Waals surface area (Å²) >= 11 is 0. The van der Waals surface area contributed by atoms with Gasteiger partial charge in [-0.2, -0.15) is 13.2 Å². The number of carbonyl (C=O) groups excluding carboxylic acids is 1. The molecule has 0 fully saturated rings. The largest absolute Gasteiger partial charge is 0.405 e. The SMILES string of the molecule is CC(C)N(CC(F)(F)F)c1ccc(F)cc1C=O. The lowest BCUT2D eigenvalue weighted by molar-refractivity contribution is -0.120. The zero-order valence-electron chi connectivity index (χ0n) is 9.96. The monoisotopic (exact) mass is 263 g/mol. The quantitative estimate of drug-likeness (QED) is 0.613. The van der Waals surface area contributed by atoms with Crippen LogP contribution in [0, 0.1) is 5.82 Å². The van der Waals surface area contributed by atoms with Crippen LogP contribution in [0.4, 0.5) is 23.2 Å². The molecule has 0 amide bonds. The molecular weight excluding hydrogens is 250 g/mol. The number of hydrogen-bond acceptors (Lipinski definition) is 2. The summed E-state index contributed by atoms with van der Waals surface area (Å²) in [4.78, 5) is 11.8. The molecule has 100 valence electrons. The molecule has 0 aromatic heterocycles. The molecule has 0 aliphatic rings. The van der Waals surface area contributed by atoms with Crippen LogP contribution in [0.15, 0.2) is 18.2 Å². The molecular formula is C12H13F4NO. The predicted octanol–water partition coefficient (Wildman–Crippen LogP) is 3.42. The minimum atomic E-state index is -4.39. The number of rotatable bonds is 4. The number of nitrogens with zero attached hydrogens (tertiary/aromatic N) is 1. The number of hydrogen-bond donors (Lipinski definition) is 0. The lowest BCUT2D eigenvalue weighted by Crippen LogP contribution is -2.39. The molecule has 0 aliphatic heterocycles. The van der Waals surface area contributed by atoms with Crippen molar-refractivity contribution in [1.29, 1.82) is 0 Å². The Labute approximate surface area is 102 Å². The molecule has 0 saturated carbocycles. The lowest BCUT2D eigenvalue weighted by Gasteiger charge is -2.30. The second-order valence-corrected chi connectivity index (χ2v) is 4.16. The number of carbonyl (C=O) groups is 1. The molecule has 1 rings (SSSR count). The van der Waals surface area contributed by atoms with Gasteiger partial charge in [0.1, 0.15) is 12.4 Å². The van der Waals surface area contributed by atoms with Crippen molar-refractivity contribution >= 4 is 12.0 Å². The van der Waals surface area contributed by atoms with Gasteiger partial charge in [0.2, 0.25) is 0 Å². The third-order valence-electron chi connectivity index (χ3n) is 2.40. The van der Waals surface area contributed by atoms with E-state index in [1.54, 1.807) is 13.8 Å². The zero-order valence-corrected chi connectivity index (χ0v) is 9.96. The summed E-state index contributed by atoms with van der Waals surface area (Å²) in [6.07, 6.45) is -4.04. The number of aldehydes is 1. The van der Waals surface area contributed by atoms with Gasteiger partial charge in [-0.1, -0.05) is 0 Å². The highest BCUT2D eigenvalue weighted by Crippen LogP contribution is 2.27. The third-order valence-corrected chi connectivity index (χ3v) is 2.40. The average Bonchev–Trinajstić information content (AvgIpc) is 2.24. The van der Waals surface area contributed by atoms with Crippen molar-refractivity contribution in [3.63, 3.8) is 0 Å². The average molecular weight is 263 g/mol. The van der Waals surface area contributed by atoms with E-state index < -0.39 is 24.6 Å². The van der Waals surface area contributed by atoms with Crippen molar-refractivity contribution in [2.24, 2.45) is 0 Å². The predicted molar refractivity (Wildman–Crippen MR) is 60.3 cm³/mol. The summed E-state index contributed by atoms with van der Waals surface area (Å²) in [5.74, 6) is -0.656. The Hall–Kier alpha value is -1.59. The van der Waals surface area contributed by atoms with E-state index in [1.807, 2.05) is 0 Å². The van der Waals surface area contributed by atoms with Crippen LogP contribution in [-0.4, -0.2) is 25.0 Å². The Kier molecular flexibility index (Phi) is 4.32. The van der Waals surface area contributed by atoms with Crippen molar-refractivity contribution in [3.05, 3.63) is 29.6 Å². The van der Waals surface area contributed by atoms with Crippen LogP contribution < -0.4 is 4.90 Å². The molecule has 6 heteroatoms. The third kappa shape index (κ3) is 3.72. The molecule has 0 heterocycles. The first-order chi connectivity index (χ1) is 8.24. The number of halogens is 4. The molecule has 0 spiro atoms. The summed E-state index contributed by atoms with van der Waals surface area (Å²) in [5, 5.41) is 0. The van der Waals surface area contributed by atoms with Crippen LogP contribution in [0.3, 0.4) is 0 Å². The molecule has 0 unspecified atom stereocenters. The lowest BCUT2D eigenvalue weighted by atomic mass is 10.1. The first-order valence-corrected chi connectivity index (χ1v) is 5.32. The molecule has 0 aliphatic carbocycles. The van der Waals surface area contributed by atoms with Crippen molar-refractivity contribution < 1.29 is 22.4 Å². The summed E-state index contributed by atoms with van der Waals surface area (Å²) in [6, 6.07) is 2.68. The Bertz CT molecular complexity index is 429. The van der Waals surface area contributed by atoms with Gasteiger partial charge in [-0.3, -0.25) is 4.79 Å². The molecule has 0 radical (unpaired) electrons. The zero-order chi connectivity index (χ0) is 13.9. The minimum absolute atomic E-state index is 0.0822. The van der Waals surface area contributed by atoms with E-state index in [1.165, 1.54) is 6.07 Å². The van der Waals surface area contributed by atoms with Crippen LogP contribution >= 0.6 is 0 Å². The molecule has 2 nitrogen and oxygen atoms in total. The summed E-state index contributed by atoms with van der Waals surface area (Å²) < 4.78 is 50.3. The van der Waals surface area contributed by atoms with Crippen molar-refractivity contribution in [2.45, 2.75) is 26.1 Å². The van der Waals surface area contributed by atoms with Gasteiger partial charge in [-0.15, -0.1) is 0 Å². The fourth-order valence-corrected chi connectivity index (χ4v) is 1.62. The molecule has 0 N–H and O–H groups in total. The van der Waals surface area contributed by atoms with Crippen LogP contribution in [0.5, 0.6) is 0 Å². The number of benzene rings is 1. The van der Waals surface area contributed by atoms with Crippen LogP contribution in [-0.2, 0) is 0 Å². The highest BCUT2D eigenvalue weighted by molar-refractivity contribution is 5.84. The normalized spacial score (nSPS) is 11.7. The van der Waals surface area contributed by atoms with E-state index in [0.717, 1.165) is 17.0 Å². The standard InChI is InChI=1S/C12H13F4NO/c1-8(2)17(7-12(14,15)16)11-4-3-10(13)5-9(11)6-18/h3-6,8H,7H2,1-2H3. The first-order valence-electron chi connectivity index (χ1n) is 5.32. The Morgan fingerprint density at radius 2 is 1.94 bits per heavy atom. The van der Waals surface area contributed by atoms with Gasteiger partial charge in [0.05, 0.1) is 0 Å². The van der Waals surface area contributed by atoms with Gasteiger partial charge in [-0.05, 0) is 32.0 Å².